The summed E-state index contributed by atoms with van der Waals surface area (Å²) in [4.78, 5) is 21.4. The van der Waals surface area contributed by atoms with E-state index in [4.69, 9.17) is 9.78 Å². The van der Waals surface area contributed by atoms with E-state index in [1.165, 1.54) is 6.92 Å². The lowest BCUT2D eigenvalue weighted by Gasteiger charge is -2.37. The predicted octanol–water partition coefficient (Wildman–Crippen LogP) is 1.68. The molecule has 1 atom stereocenters. The molecule has 0 heterocycles. The molecule has 0 spiro atoms. The van der Waals surface area contributed by atoms with Crippen molar-refractivity contribution in [3.63, 3.8) is 0 Å². The first-order chi connectivity index (χ1) is 7.17. The highest BCUT2D eigenvalue weighted by atomic mass is 17.2. The van der Waals surface area contributed by atoms with Gasteiger partial charge in [0.25, 0.3) is 0 Å². The Morgan fingerprint density at radius 1 is 1.12 bits per heavy atom. The third-order valence-electron chi connectivity index (χ3n) is 2.63. The second-order valence-electron chi connectivity index (χ2n) is 5.19. The normalized spacial score (nSPS) is 16.2. The van der Waals surface area contributed by atoms with Crippen molar-refractivity contribution in [2.45, 2.75) is 65.6 Å². The number of carbonyl (C=O) groups is 1. The van der Waals surface area contributed by atoms with Crippen LogP contribution in [0.4, 0.5) is 0 Å². The van der Waals surface area contributed by atoms with Crippen LogP contribution in [-0.4, -0.2) is 17.2 Å². The Morgan fingerprint density at radius 2 is 1.56 bits per heavy atom. The topological polar surface area (TPSA) is 58.6 Å². The molecule has 4 heteroatoms. The highest BCUT2D eigenvalue weighted by Crippen LogP contribution is 2.29. The molecule has 4 nitrogen and oxygen atoms in total. The quantitative estimate of drug-likeness (QED) is 0.515. The van der Waals surface area contributed by atoms with E-state index in [1.807, 2.05) is 13.8 Å². The summed E-state index contributed by atoms with van der Waals surface area (Å²) in [7, 11) is 0. The van der Waals surface area contributed by atoms with E-state index in [0.717, 1.165) is 0 Å². The summed E-state index contributed by atoms with van der Waals surface area (Å²) in [5, 5.41) is 11.2. The van der Waals surface area contributed by atoms with Gasteiger partial charge in [-0.15, -0.1) is 0 Å². The van der Waals surface area contributed by atoms with E-state index >= 15 is 0 Å². The Bertz CT molecular complexity index is 228. The van der Waals surface area contributed by atoms with Gasteiger partial charge in [-0.2, -0.15) is 0 Å². The Hall–Kier alpha value is -0.610. The minimum absolute atomic E-state index is 0.125. The number of hydrogen-bond acceptors (Lipinski definition) is 4. The monoisotopic (exact) mass is 231 g/mol. The molecule has 0 rings (SSSR count). The second kappa shape index (κ2) is 5.64. The molecule has 0 aromatic heterocycles. The van der Waals surface area contributed by atoms with Gasteiger partial charge in [0.15, 0.2) is 0 Å². The molecular formula is C12H23O4-. The van der Waals surface area contributed by atoms with E-state index in [-0.39, 0.29) is 5.92 Å². The fraction of sp³-hybridized carbons (Fsp3) is 0.917. The first kappa shape index (κ1) is 15.4. The highest BCUT2D eigenvalue weighted by molar-refractivity contribution is 5.75. The molecule has 96 valence electrons. The molecule has 0 aliphatic carbocycles. The molecule has 0 aliphatic heterocycles. The first-order valence-electron chi connectivity index (χ1n) is 5.75. The van der Waals surface area contributed by atoms with Crippen LogP contribution in [-0.2, 0) is 14.6 Å². The van der Waals surface area contributed by atoms with Gasteiger partial charge in [0.05, 0.1) is 11.6 Å². The van der Waals surface area contributed by atoms with Crippen LogP contribution in [0.15, 0.2) is 0 Å². The maximum atomic E-state index is 11.2. The van der Waals surface area contributed by atoms with Crippen LogP contribution in [0.3, 0.4) is 0 Å². The number of carbonyl (C=O) groups excluding carboxylic acids is 1. The number of carboxylic acids is 1. The molecule has 0 radical (unpaired) electrons. The van der Waals surface area contributed by atoms with Crippen LogP contribution in [0.5, 0.6) is 0 Å². The van der Waals surface area contributed by atoms with Crippen molar-refractivity contribution >= 4 is 5.97 Å². The summed E-state index contributed by atoms with van der Waals surface area (Å²) >= 11 is 0. The zero-order valence-electron chi connectivity index (χ0n) is 11.1. The van der Waals surface area contributed by atoms with Crippen molar-refractivity contribution in [3.05, 3.63) is 0 Å². The van der Waals surface area contributed by atoms with Crippen molar-refractivity contribution in [2.75, 3.05) is 0 Å². The van der Waals surface area contributed by atoms with Gasteiger partial charge in [0.2, 0.25) is 0 Å². The van der Waals surface area contributed by atoms with Gasteiger partial charge in [-0.05, 0) is 33.6 Å². The van der Waals surface area contributed by atoms with E-state index in [0.29, 0.717) is 12.8 Å². The smallest absolute Gasteiger partial charge is 0.143 e. The Labute approximate surface area is 97.9 Å². The molecule has 0 aliphatic rings. The minimum atomic E-state index is -1.39. The molecule has 0 saturated carbocycles. The summed E-state index contributed by atoms with van der Waals surface area (Å²) in [6, 6.07) is 0. The number of rotatable bonds is 6. The van der Waals surface area contributed by atoms with Crippen molar-refractivity contribution < 1.29 is 19.7 Å². The molecule has 0 aromatic rings. The third kappa shape index (κ3) is 4.10. The first-order valence-corrected chi connectivity index (χ1v) is 5.75. The van der Waals surface area contributed by atoms with Crippen LogP contribution in [0.25, 0.3) is 0 Å². The van der Waals surface area contributed by atoms with E-state index in [2.05, 4.69) is 0 Å². The molecular weight excluding hydrogens is 208 g/mol. The van der Waals surface area contributed by atoms with Gasteiger partial charge in [0.1, 0.15) is 5.60 Å². The summed E-state index contributed by atoms with van der Waals surface area (Å²) < 4.78 is 0. The average molecular weight is 231 g/mol. The van der Waals surface area contributed by atoms with Crippen molar-refractivity contribution in [2.24, 2.45) is 5.92 Å². The summed E-state index contributed by atoms with van der Waals surface area (Å²) in [6.07, 6.45) is 1.41. The summed E-state index contributed by atoms with van der Waals surface area (Å²) in [5.41, 5.74) is -1.93. The summed E-state index contributed by atoms with van der Waals surface area (Å²) in [6.45, 7) is 10.8. The number of aliphatic carboxylic acids is 1. The maximum absolute atomic E-state index is 11.2. The maximum Gasteiger partial charge on any atom is 0.143 e. The Balaban J connectivity index is 4.76. The fourth-order valence-electron chi connectivity index (χ4n) is 1.55. The van der Waals surface area contributed by atoms with Gasteiger partial charge in [0, 0.05) is 0 Å². The number of carboxylic acid groups (broad SMARTS) is 1. The van der Waals surface area contributed by atoms with Gasteiger partial charge in [-0.3, -0.25) is 0 Å². The van der Waals surface area contributed by atoms with Crippen LogP contribution in [0.1, 0.15) is 54.4 Å². The van der Waals surface area contributed by atoms with Crippen molar-refractivity contribution in [1.82, 2.24) is 0 Å². The molecule has 0 fully saturated rings. The Kier molecular flexibility index (Phi) is 5.42. The van der Waals surface area contributed by atoms with Crippen molar-refractivity contribution in [3.8, 4) is 0 Å². The van der Waals surface area contributed by atoms with Crippen LogP contribution in [0, 0.1) is 5.92 Å². The highest BCUT2D eigenvalue weighted by Gasteiger charge is 2.37. The van der Waals surface area contributed by atoms with E-state index in [9.17, 15) is 9.90 Å². The molecule has 0 amide bonds. The minimum Gasteiger partial charge on any atom is -0.547 e. The lowest BCUT2D eigenvalue weighted by atomic mass is 9.85. The molecule has 0 N–H and O–H groups in total. The Morgan fingerprint density at radius 3 is 1.81 bits per heavy atom. The van der Waals surface area contributed by atoms with Gasteiger partial charge in [-0.1, -0.05) is 26.7 Å². The van der Waals surface area contributed by atoms with Crippen molar-refractivity contribution in [1.29, 1.82) is 0 Å². The second-order valence-corrected chi connectivity index (χ2v) is 5.19. The predicted molar refractivity (Wildman–Crippen MR) is 59.4 cm³/mol. The summed E-state index contributed by atoms with van der Waals surface area (Å²) in [5.74, 6) is -1.36. The zero-order valence-corrected chi connectivity index (χ0v) is 11.1. The van der Waals surface area contributed by atoms with Gasteiger partial charge < -0.3 is 9.90 Å². The molecule has 1 unspecified atom stereocenters. The van der Waals surface area contributed by atoms with Gasteiger partial charge in [-0.25, -0.2) is 9.78 Å². The molecule has 0 bridgehead atoms. The van der Waals surface area contributed by atoms with Crippen LogP contribution < -0.4 is 5.11 Å². The van der Waals surface area contributed by atoms with Crippen LogP contribution in [0.2, 0.25) is 0 Å². The lowest BCUT2D eigenvalue weighted by Crippen LogP contribution is -2.53. The average Bonchev–Trinajstić information content (AvgIpc) is 2.15. The third-order valence-corrected chi connectivity index (χ3v) is 2.63. The lowest BCUT2D eigenvalue weighted by molar-refractivity contribution is -0.425. The molecule has 0 saturated heterocycles. The fourth-order valence-corrected chi connectivity index (χ4v) is 1.55. The number of hydrogen-bond donors (Lipinski definition) is 0. The van der Waals surface area contributed by atoms with Crippen LogP contribution >= 0.6 is 0 Å². The van der Waals surface area contributed by atoms with Gasteiger partial charge >= 0.3 is 0 Å². The largest absolute Gasteiger partial charge is 0.547 e. The molecule has 0 aromatic carbocycles. The molecule has 16 heavy (non-hydrogen) atoms. The standard InChI is InChI=1S/C12H24O4/c1-7-9(8-2)12(6,10(13)14)16-15-11(3,4)5/h9H,7-8H2,1-6H3,(H,13,14)/p-1. The zero-order chi connectivity index (χ0) is 13.0. The SMILES string of the molecule is CCC(CC)C(C)(OOC(C)(C)C)C(=O)[O-]. The van der Waals surface area contributed by atoms with E-state index in [1.54, 1.807) is 20.8 Å². The van der Waals surface area contributed by atoms with E-state index < -0.39 is 17.2 Å².